The van der Waals surface area contributed by atoms with Gasteiger partial charge in [0.15, 0.2) is 5.65 Å². The van der Waals surface area contributed by atoms with Crippen molar-refractivity contribution in [3.05, 3.63) is 47.7 Å². The third kappa shape index (κ3) is 4.48. The van der Waals surface area contributed by atoms with Crippen molar-refractivity contribution in [3.8, 4) is 11.8 Å². The SMILES string of the molecule is N#Cc1cnn2c3cc(nc12)N1C[C@H](C[C@H]1CC(=O)O)OC/C=C/COc1cc(cc2c1NC(=O)CC2)N3. The molecule has 0 saturated carbocycles. The Bertz CT molecular complexity index is 1510. The van der Waals surface area contributed by atoms with Gasteiger partial charge in [-0.2, -0.15) is 14.9 Å². The number of rotatable bonds is 2. The average Bonchev–Trinajstić information content (AvgIpc) is 3.49. The Labute approximate surface area is 217 Å². The molecule has 38 heavy (non-hydrogen) atoms. The zero-order valence-corrected chi connectivity index (χ0v) is 20.4. The van der Waals surface area contributed by atoms with Crippen molar-refractivity contribution in [2.45, 2.75) is 37.8 Å². The molecule has 0 spiro atoms. The topological polar surface area (TPSA) is 154 Å². The smallest absolute Gasteiger partial charge is 0.305 e. The van der Waals surface area contributed by atoms with E-state index in [-0.39, 0.29) is 31.1 Å². The minimum Gasteiger partial charge on any atom is -0.487 e. The fraction of sp³-hybridized carbons (Fsp3) is 0.346. The van der Waals surface area contributed by atoms with Crippen molar-refractivity contribution in [3.63, 3.8) is 0 Å². The minimum absolute atomic E-state index is 0.0596. The molecule has 3 aliphatic rings. The lowest BCUT2D eigenvalue weighted by Crippen LogP contribution is -2.32. The first kappa shape index (κ1) is 23.7. The number of aliphatic carboxylic acids is 1. The van der Waals surface area contributed by atoms with Gasteiger partial charge in [-0.25, -0.2) is 4.98 Å². The maximum atomic E-state index is 12.1. The summed E-state index contributed by atoms with van der Waals surface area (Å²) in [6, 6.07) is 7.36. The second kappa shape index (κ2) is 9.68. The number of fused-ring (bicyclic) bond motifs is 11. The van der Waals surface area contributed by atoms with Crippen molar-refractivity contribution in [1.29, 1.82) is 5.26 Å². The zero-order valence-electron chi connectivity index (χ0n) is 20.4. The van der Waals surface area contributed by atoms with Gasteiger partial charge in [-0.05, 0) is 30.5 Å². The van der Waals surface area contributed by atoms with Crippen LogP contribution in [0.5, 0.6) is 5.75 Å². The third-order valence-corrected chi connectivity index (χ3v) is 6.93. The highest BCUT2D eigenvalue weighted by atomic mass is 16.5. The van der Waals surface area contributed by atoms with Crippen molar-refractivity contribution in [2.24, 2.45) is 0 Å². The molecule has 1 saturated heterocycles. The Morgan fingerprint density at radius 2 is 2.08 bits per heavy atom. The van der Waals surface area contributed by atoms with E-state index in [2.05, 4.69) is 21.8 Å². The molecule has 0 radical (unpaired) electrons. The molecule has 12 nitrogen and oxygen atoms in total. The van der Waals surface area contributed by atoms with Gasteiger partial charge in [0.2, 0.25) is 5.91 Å². The largest absolute Gasteiger partial charge is 0.487 e. The normalized spacial score (nSPS) is 21.6. The maximum absolute atomic E-state index is 12.1. The third-order valence-electron chi connectivity index (χ3n) is 6.93. The lowest BCUT2D eigenvalue weighted by Gasteiger charge is -2.25. The van der Waals surface area contributed by atoms with Crippen LogP contribution in [0.1, 0.15) is 30.4 Å². The van der Waals surface area contributed by atoms with Crippen LogP contribution in [0.3, 0.4) is 0 Å². The van der Waals surface area contributed by atoms with E-state index in [1.807, 2.05) is 23.1 Å². The van der Waals surface area contributed by atoms with Crippen molar-refractivity contribution >= 4 is 40.5 Å². The number of carbonyl (C=O) groups excluding carboxylic acids is 1. The Morgan fingerprint density at radius 1 is 1.21 bits per heavy atom. The molecule has 0 unspecified atom stereocenters. The maximum Gasteiger partial charge on any atom is 0.305 e. The molecule has 1 amide bonds. The number of anilines is 4. The van der Waals surface area contributed by atoms with Crippen LogP contribution < -0.4 is 20.3 Å². The van der Waals surface area contributed by atoms with Gasteiger partial charge in [-0.3, -0.25) is 9.59 Å². The van der Waals surface area contributed by atoms with Gasteiger partial charge in [0, 0.05) is 36.8 Å². The molecule has 12 heteroatoms. The van der Waals surface area contributed by atoms with Crippen LogP contribution in [-0.4, -0.2) is 63.5 Å². The summed E-state index contributed by atoms with van der Waals surface area (Å²) >= 11 is 0. The number of ether oxygens (including phenoxy) is 2. The van der Waals surface area contributed by atoms with E-state index >= 15 is 0 Å². The lowest BCUT2D eigenvalue weighted by molar-refractivity contribution is -0.137. The van der Waals surface area contributed by atoms with E-state index in [0.717, 1.165) is 5.56 Å². The van der Waals surface area contributed by atoms with Crippen LogP contribution in [-0.2, 0) is 20.7 Å². The van der Waals surface area contributed by atoms with E-state index < -0.39 is 5.97 Å². The lowest BCUT2D eigenvalue weighted by atomic mass is 10.0. The van der Waals surface area contributed by atoms with E-state index in [4.69, 9.17) is 14.5 Å². The van der Waals surface area contributed by atoms with Crippen LogP contribution in [0.2, 0.25) is 0 Å². The first-order valence-corrected chi connectivity index (χ1v) is 12.4. The molecule has 0 aliphatic carbocycles. The summed E-state index contributed by atoms with van der Waals surface area (Å²) in [5.74, 6) is 0.639. The molecule has 2 atom stereocenters. The van der Waals surface area contributed by atoms with Gasteiger partial charge in [0.05, 0.1) is 31.0 Å². The Morgan fingerprint density at radius 3 is 2.92 bits per heavy atom. The van der Waals surface area contributed by atoms with E-state index in [1.165, 1.54) is 6.20 Å². The monoisotopic (exact) mass is 515 g/mol. The van der Waals surface area contributed by atoms with Crippen molar-refractivity contribution in [2.75, 3.05) is 35.3 Å². The van der Waals surface area contributed by atoms with E-state index in [9.17, 15) is 20.0 Å². The van der Waals surface area contributed by atoms with Crippen LogP contribution in [0.4, 0.5) is 23.0 Å². The second-order valence-electron chi connectivity index (χ2n) is 9.46. The number of nitrogens with zero attached hydrogens (tertiary/aromatic N) is 5. The number of nitrogens with one attached hydrogen (secondary N) is 2. The summed E-state index contributed by atoms with van der Waals surface area (Å²) in [5, 5.41) is 29.9. The first-order chi connectivity index (χ1) is 18.5. The van der Waals surface area contributed by atoms with Gasteiger partial charge >= 0.3 is 5.97 Å². The Hall–Kier alpha value is -4.63. The van der Waals surface area contributed by atoms with Crippen LogP contribution in [0.25, 0.3) is 5.65 Å². The number of amides is 1. The van der Waals surface area contributed by atoms with Crippen molar-refractivity contribution < 1.29 is 24.2 Å². The number of aryl methyl sites for hydroxylation is 1. The number of carbonyl (C=O) groups is 2. The quantitative estimate of drug-likeness (QED) is 0.434. The summed E-state index contributed by atoms with van der Waals surface area (Å²) in [4.78, 5) is 30.4. The summed E-state index contributed by atoms with van der Waals surface area (Å²) in [5.41, 5.74) is 2.96. The molecular formula is C26H25N7O5. The first-order valence-electron chi connectivity index (χ1n) is 12.4. The standard InChI is InChI=1S/C26H25N7O5/c27-12-16-13-28-33-22-11-21(30-26(16)33)32-14-19(9-18(32)10-24(35)36)37-5-1-2-6-38-20-8-17(29-22)7-15-3-4-23(34)31-25(15)20/h1-2,7-8,11,13,18-19,29H,3-6,9-10,14H2,(H,31,34)(H,35,36)/b2-1+/t18-,19-/m0/s1. The van der Waals surface area contributed by atoms with E-state index in [1.54, 1.807) is 16.6 Å². The molecule has 194 valence electrons. The number of nitriles is 1. The summed E-state index contributed by atoms with van der Waals surface area (Å²) in [6.07, 6.45) is 6.39. The molecule has 3 aromatic rings. The molecule has 2 aromatic heterocycles. The number of benzene rings is 1. The van der Waals surface area contributed by atoms with Gasteiger partial charge in [0.25, 0.3) is 0 Å². The fourth-order valence-electron chi connectivity index (χ4n) is 5.20. The highest BCUT2D eigenvalue weighted by Gasteiger charge is 2.35. The molecular weight excluding hydrogens is 490 g/mol. The van der Waals surface area contributed by atoms with Gasteiger partial charge in [-0.15, -0.1) is 0 Å². The average molecular weight is 516 g/mol. The van der Waals surface area contributed by atoms with Crippen LogP contribution in [0, 0.1) is 11.3 Å². The fourth-order valence-corrected chi connectivity index (χ4v) is 5.20. The summed E-state index contributed by atoms with van der Waals surface area (Å²) in [7, 11) is 0. The van der Waals surface area contributed by atoms with Crippen LogP contribution >= 0.6 is 0 Å². The predicted octanol–water partition coefficient (Wildman–Crippen LogP) is 2.62. The number of hydrogen-bond donors (Lipinski definition) is 3. The van der Waals surface area contributed by atoms with Gasteiger partial charge < -0.3 is 30.1 Å². The highest BCUT2D eigenvalue weighted by Crippen LogP contribution is 2.38. The predicted molar refractivity (Wildman–Crippen MR) is 137 cm³/mol. The highest BCUT2D eigenvalue weighted by molar-refractivity contribution is 5.96. The number of carboxylic acid groups (broad SMARTS) is 1. The Kier molecular flexibility index (Phi) is 6.05. The van der Waals surface area contributed by atoms with Crippen LogP contribution in [0.15, 0.2) is 36.5 Å². The Balaban J connectivity index is 1.49. The molecule has 6 rings (SSSR count). The molecule has 3 N–H and O–H groups in total. The summed E-state index contributed by atoms with van der Waals surface area (Å²) in [6.45, 7) is 1.09. The van der Waals surface area contributed by atoms with Gasteiger partial charge in [-0.1, -0.05) is 6.08 Å². The van der Waals surface area contributed by atoms with Crippen molar-refractivity contribution in [1.82, 2.24) is 14.6 Å². The molecule has 1 fully saturated rings. The zero-order chi connectivity index (χ0) is 26.2. The number of hydrogen-bond acceptors (Lipinski definition) is 9. The second-order valence-corrected chi connectivity index (χ2v) is 9.46. The van der Waals surface area contributed by atoms with Gasteiger partial charge in [0.1, 0.15) is 35.6 Å². The number of carboxylic acids is 1. The number of aromatic nitrogens is 3. The van der Waals surface area contributed by atoms with E-state index in [0.29, 0.717) is 72.4 Å². The summed E-state index contributed by atoms with van der Waals surface area (Å²) < 4.78 is 13.6. The molecule has 1 aromatic carbocycles. The molecule has 3 aliphatic heterocycles. The minimum atomic E-state index is -0.904. The molecule has 6 bridgehead atoms. The molecule has 5 heterocycles.